The van der Waals surface area contributed by atoms with E-state index in [1.807, 2.05) is 54.6 Å². The monoisotopic (exact) mass is 295 g/mol. The molecule has 5 heteroatoms. The van der Waals surface area contributed by atoms with Gasteiger partial charge in [0.15, 0.2) is 0 Å². The summed E-state index contributed by atoms with van der Waals surface area (Å²) in [5, 5.41) is 17.4. The summed E-state index contributed by atoms with van der Waals surface area (Å²) >= 11 is 0. The summed E-state index contributed by atoms with van der Waals surface area (Å²) in [6.45, 7) is 0.443. The third kappa shape index (κ3) is 2.99. The van der Waals surface area contributed by atoms with Crippen molar-refractivity contribution in [2.45, 2.75) is 13.2 Å². The van der Waals surface area contributed by atoms with Crippen LogP contribution in [0.1, 0.15) is 11.3 Å². The predicted molar refractivity (Wildman–Crippen MR) is 83.1 cm³/mol. The SMILES string of the molecule is Cn1nnc(-c2ccc(OCc3ccccc3)cc2)c1CO. The molecule has 0 bridgehead atoms. The van der Waals surface area contributed by atoms with E-state index in [2.05, 4.69) is 10.3 Å². The number of aromatic nitrogens is 3. The largest absolute Gasteiger partial charge is 0.489 e. The van der Waals surface area contributed by atoms with E-state index in [1.165, 1.54) is 0 Å². The summed E-state index contributed by atoms with van der Waals surface area (Å²) in [5.74, 6) is 0.794. The Hall–Kier alpha value is -2.66. The smallest absolute Gasteiger partial charge is 0.119 e. The first kappa shape index (κ1) is 14.3. The Morgan fingerprint density at radius 1 is 1.05 bits per heavy atom. The van der Waals surface area contributed by atoms with Crippen LogP contribution in [0.25, 0.3) is 11.3 Å². The maximum Gasteiger partial charge on any atom is 0.119 e. The fourth-order valence-corrected chi connectivity index (χ4v) is 2.23. The summed E-state index contributed by atoms with van der Waals surface area (Å²) in [6.07, 6.45) is 0. The van der Waals surface area contributed by atoms with Crippen LogP contribution in [0.2, 0.25) is 0 Å². The number of aliphatic hydroxyl groups is 1. The van der Waals surface area contributed by atoms with Crippen LogP contribution in [-0.4, -0.2) is 20.1 Å². The number of benzene rings is 2. The highest BCUT2D eigenvalue weighted by atomic mass is 16.5. The molecule has 0 radical (unpaired) electrons. The first-order valence-electron chi connectivity index (χ1n) is 7.04. The molecule has 0 unspecified atom stereocenters. The second-order valence-corrected chi connectivity index (χ2v) is 4.97. The molecule has 0 saturated heterocycles. The standard InChI is InChI=1S/C17H17N3O2/c1-20-16(11-21)17(18-19-20)14-7-9-15(10-8-14)22-12-13-5-3-2-4-6-13/h2-10,21H,11-12H2,1H3. The Kier molecular flexibility index (Phi) is 4.16. The topological polar surface area (TPSA) is 60.2 Å². The van der Waals surface area contributed by atoms with Crippen molar-refractivity contribution < 1.29 is 9.84 Å². The van der Waals surface area contributed by atoms with E-state index in [0.29, 0.717) is 18.0 Å². The van der Waals surface area contributed by atoms with Gasteiger partial charge in [0.05, 0.1) is 12.3 Å². The molecule has 1 N–H and O–H groups in total. The Morgan fingerprint density at radius 3 is 2.45 bits per heavy atom. The zero-order valence-electron chi connectivity index (χ0n) is 12.3. The highest BCUT2D eigenvalue weighted by Gasteiger charge is 2.11. The number of ether oxygens (including phenoxy) is 1. The average molecular weight is 295 g/mol. The fourth-order valence-electron chi connectivity index (χ4n) is 2.23. The van der Waals surface area contributed by atoms with Crippen molar-refractivity contribution in [1.29, 1.82) is 0 Å². The molecule has 0 spiro atoms. The Morgan fingerprint density at radius 2 is 1.77 bits per heavy atom. The molecule has 3 rings (SSSR count). The normalized spacial score (nSPS) is 10.6. The quantitative estimate of drug-likeness (QED) is 0.786. The molecule has 0 aliphatic rings. The lowest BCUT2D eigenvalue weighted by atomic mass is 10.1. The van der Waals surface area contributed by atoms with Crippen molar-refractivity contribution in [3.63, 3.8) is 0 Å². The van der Waals surface area contributed by atoms with Gasteiger partial charge in [-0.3, -0.25) is 0 Å². The minimum Gasteiger partial charge on any atom is -0.489 e. The predicted octanol–water partition coefficient (Wildman–Crippen LogP) is 2.55. The van der Waals surface area contributed by atoms with Gasteiger partial charge in [-0.05, 0) is 29.8 Å². The number of aryl methyl sites for hydroxylation is 1. The van der Waals surface area contributed by atoms with Crippen molar-refractivity contribution in [3.05, 3.63) is 65.9 Å². The van der Waals surface area contributed by atoms with Gasteiger partial charge in [-0.15, -0.1) is 5.10 Å². The summed E-state index contributed by atoms with van der Waals surface area (Å²) in [4.78, 5) is 0. The van der Waals surface area contributed by atoms with Gasteiger partial charge in [0.1, 0.15) is 18.1 Å². The molecule has 22 heavy (non-hydrogen) atoms. The van der Waals surface area contributed by atoms with E-state index in [1.54, 1.807) is 11.7 Å². The van der Waals surface area contributed by atoms with Crippen LogP contribution in [0, 0.1) is 0 Å². The number of hydrogen-bond donors (Lipinski definition) is 1. The van der Waals surface area contributed by atoms with E-state index in [9.17, 15) is 5.11 Å². The molecule has 0 atom stereocenters. The molecular weight excluding hydrogens is 278 g/mol. The van der Waals surface area contributed by atoms with Crippen LogP contribution < -0.4 is 4.74 Å². The number of hydrogen-bond acceptors (Lipinski definition) is 4. The highest BCUT2D eigenvalue weighted by Crippen LogP contribution is 2.24. The zero-order valence-corrected chi connectivity index (χ0v) is 12.3. The van der Waals surface area contributed by atoms with Gasteiger partial charge in [0.25, 0.3) is 0 Å². The summed E-state index contributed by atoms with van der Waals surface area (Å²) in [6, 6.07) is 17.7. The van der Waals surface area contributed by atoms with Crippen LogP contribution in [-0.2, 0) is 20.3 Å². The van der Waals surface area contributed by atoms with Gasteiger partial charge in [0, 0.05) is 12.6 Å². The van der Waals surface area contributed by atoms with Crippen molar-refractivity contribution in [1.82, 2.24) is 15.0 Å². The van der Waals surface area contributed by atoms with Gasteiger partial charge < -0.3 is 9.84 Å². The summed E-state index contributed by atoms with van der Waals surface area (Å²) in [5.41, 5.74) is 3.42. The van der Waals surface area contributed by atoms with Gasteiger partial charge >= 0.3 is 0 Å². The third-order valence-corrected chi connectivity index (χ3v) is 3.47. The van der Waals surface area contributed by atoms with Crippen LogP contribution in [0.15, 0.2) is 54.6 Å². The molecule has 5 nitrogen and oxygen atoms in total. The number of rotatable bonds is 5. The summed E-state index contributed by atoms with van der Waals surface area (Å²) in [7, 11) is 1.76. The van der Waals surface area contributed by atoms with Crippen LogP contribution in [0.4, 0.5) is 0 Å². The second kappa shape index (κ2) is 6.41. The summed E-state index contributed by atoms with van der Waals surface area (Å²) < 4.78 is 7.33. The van der Waals surface area contributed by atoms with Crippen LogP contribution in [0.5, 0.6) is 5.75 Å². The van der Waals surface area contributed by atoms with Gasteiger partial charge in [0.2, 0.25) is 0 Å². The lowest BCUT2D eigenvalue weighted by Gasteiger charge is -2.07. The Labute approximate surface area is 128 Å². The Balaban J connectivity index is 1.72. The molecule has 1 heterocycles. The fraction of sp³-hybridized carbons (Fsp3) is 0.176. The molecule has 0 fully saturated rings. The molecule has 0 amide bonds. The molecule has 3 aromatic rings. The van der Waals surface area contributed by atoms with Gasteiger partial charge in [-0.25, -0.2) is 4.68 Å². The maximum absolute atomic E-state index is 9.39. The molecule has 0 aliphatic heterocycles. The van der Waals surface area contributed by atoms with Gasteiger partial charge in [-0.1, -0.05) is 35.5 Å². The number of nitrogens with zero attached hydrogens (tertiary/aromatic N) is 3. The minimum atomic E-state index is -0.0922. The van der Waals surface area contributed by atoms with Crippen LogP contribution >= 0.6 is 0 Å². The number of aliphatic hydroxyl groups excluding tert-OH is 1. The zero-order chi connectivity index (χ0) is 15.4. The van der Waals surface area contributed by atoms with Crippen molar-refractivity contribution in [2.24, 2.45) is 7.05 Å². The average Bonchev–Trinajstić information content (AvgIpc) is 2.95. The molecular formula is C17H17N3O2. The molecule has 1 aromatic heterocycles. The molecule has 0 saturated carbocycles. The molecule has 2 aromatic carbocycles. The first-order valence-corrected chi connectivity index (χ1v) is 7.04. The van der Waals surface area contributed by atoms with Crippen molar-refractivity contribution >= 4 is 0 Å². The van der Waals surface area contributed by atoms with E-state index < -0.39 is 0 Å². The molecule has 112 valence electrons. The molecule has 0 aliphatic carbocycles. The maximum atomic E-state index is 9.39. The van der Waals surface area contributed by atoms with E-state index >= 15 is 0 Å². The van der Waals surface area contributed by atoms with Crippen LogP contribution in [0.3, 0.4) is 0 Å². The van der Waals surface area contributed by atoms with E-state index in [-0.39, 0.29) is 6.61 Å². The second-order valence-electron chi connectivity index (χ2n) is 4.97. The Bertz CT molecular complexity index is 736. The first-order chi connectivity index (χ1) is 10.8. The van der Waals surface area contributed by atoms with E-state index in [4.69, 9.17) is 4.74 Å². The third-order valence-electron chi connectivity index (χ3n) is 3.47. The van der Waals surface area contributed by atoms with E-state index in [0.717, 1.165) is 16.9 Å². The van der Waals surface area contributed by atoms with Gasteiger partial charge in [-0.2, -0.15) is 0 Å². The van der Waals surface area contributed by atoms with Crippen molar-refractivity contribution in [2.75, 3.05) is 0 Å². The minimum absolute atomic E-state index is 0.0922. The van der Waals surface area contributed by atoms with Crippen molar-refractivity contribution in [3.8, 4) is 17.0 Å². The lowest BCUT2D eigenvalue weighted by Crippen LogP contribution is -1.98. The lowest BCUT2D eigenvalue weighted by molar-refractivity contribution is 0.271. The highest BCUT2D eigenvalue weighted by molar-refractivity contribution is 5.62.